The van der Waals surface area contributed by atoms with Crippen LogP contribution >= 0.6 is 0 Å². The molecule has 156 valence electrons. The summed E-state index contributed by atoms with van der Waals surface area (Å²) < 4.78 is 27.8. The molecule has 0 heterocycles. The van der Waals surface area contributed by atoms with Crippen molar-refractivity contribution >= 4 is 21.6 Å². The van der Waals surface area contributed by atoms with E-state index in [-0.39, 0.29) is 17.5 Å². The molecule has 0 saturated heterocycles. The SMILES string of the molecule is Cc1ccc(N(CC(=O)NC2CCCC[C@H]2O)S(=O)(=O)c2ccc(C)cc2)cc1. The number of aliphatic hydroxyl groups is 1. The fourth-order valence-electron chi connectivity index (χ4n) is 3.53. The molecule has 29 heavy (non-hydrogen) atoms. The molecule has 1 amide bonds. The molecule has 3 rings (SSSR count). The number of aryl methyl sites for hydroxylation is 2. The first-order valence-corrected chi connectivity index (χ1v) is 11.3. The summed E-state index contributed by atoms with van der Waals surface area (Å²) in [5, 5.41) is 12.9. The molecule has 0 aromatic heterocycles. The largest absolute Gasteiger partial charge is 0.391 e. The standard InChI is InChI=1S/C22H28N2O4S/c1-16-7-11-18(12-8-16)24(29(27,28)19-13-9-17(2)10-14-19)15-22(26)23-20-5-3-4-6-21(20)25/h7-14,20-21,25H,3-6,15H2,1-2H3,(H,23,26)/t20?,21-/m1/s1. The maximum atomic E-state index is 13.3. The smallest absolute Gasteiger partial charge is 0.264 e. The fourth-order valence-corrected chi connectivity index (χ4v) is 4.95. The summed E-state index contributed by atoms with van der Waals surface area (Å²) in [7, 11) is -3.92. The lowest BCUT2D eigenvalue weighted by atomic mass is 9.92. The highest BCUT2D eigenvalue weighted by molar-refractivity contribution is 7.92. The third-order valence-electron chi connectivity index (χ3n) is 5.29. The Morgan fingerprint density at radius 1 is 1.00 bits per heavy atom. The molecule has 2 aromatic rings. The van der Waals surface area contributed by atoms with E-state index in [4.69, 9.17) is 0 Å². The number of nitrogens with one attached hydrogen (secondary N) is 1. The topological polar surface area (TPSA) is 86.7 Å². The van der Waals surface area contributed by atoms with Crippen LogP contribution in [0.2, 0.25) is 0 Å². The Kier molecular flexibility index (Phi) is 6.59. The van der Waals surface area contributed by atoms with Crippen LogP contribution in [0.3, 0.4) is 0 Å². The van der Waals surface area contributed by atoms with Gasteiger partial charge in [-0.15, -0.1) is 0 Å². The van der Waals surface area contributed by atoms with Crippen molar-refractivity contribution in [3.63, 3.8) is 0 Å². The third-order valence-corrected chi connectivity index (χ3v) is 7.08. The second-order valence-electron chi connectivity index (χ2n) is 7.69. The van der Waals surface area contributed by atoms with Gasteiger partial charge in [0.25, 0.3) is 10.0 Å². The van der Waals surface area contributed by atoms with Crippen LogP contribution in [0.4, 0.5) is 5.69 Å². The summed E-state index contributed by atoms with van der Waals surface area (Å²) in [4.78, 5) is 12.8. The van der Waals surface area contributed by atoms with Gasteiger partial charge in [-0.1, -0.05) is 48.2 Å². The van der Waals surface area contributed by atoms with Crippen molar-refractivity contribution in [3.05, 3.63) is 59.7 Å². The molecule has 2 aromatic carbocycles. The van der Waals surface area contributed by atoms with Gasteiger partial charge in [-0.25, -0.2) is 8.42 Å². The van der Waals surface area contributed by atoms with Crippen molar-refractivity contribution in [2.45, 2.75) is 56.6 Å². The normalized spacial score (nSPS) is 19.6. The molecule has 0 radical (unpaired) electrons. The van der Waals surface area contributed by atoms with Crippen LogP contribution in [-0.2, 0) is 14.8 Å². The molecule has 0 aliphatic heterocycles. The first-order valence-electron chi connectivity index (χ1n) is 9.91. The van der Waals surface area contributed by atoms with Gasteiger partial charge in [-0.3, -0.25) is 9.10 Å². The third kappa shape index (κ3) is 5.16. The number of sulfonamides is 1. The van der Waals surface area contributed by atoms with Gasteiger partial charge in [-0.05, 0) is 51.0 Å². The Bertz CT molecular complexity index is 940. The lowest BCUT2D eigenvalue weighted by Crippen LogP contribution is -2.49. The molecule has 2 atom stereocenters. The molecule has 1 fully saturated rings. The number of amides is 1. The van der Waals surface area contributed by atoms with Crippen molar-refractivity contribution in [2.75, 3.05) is 10.8 Å². The van der Waals surface area contributed by atoms with E-state index >= 15 is 0 Å². The number of hydrogen-bond acceptors (Lipinski definition) is 4. The van der Waals surface area contributed by atoms with Crippen LogP contribution in [0.5, 0.6) is 0 Å². The summed E-state index contributed by atoms with van der Waals surface area (Å²) >= 11 is 0. The van der Waals surface area contributed by atoms with Crippen LogP contribution in [0.25, 0.3) is 0 Å². The molecule has 0 spiro atoms. The van der Waals surface area contributed by atoms with E-state index < -0.39 is 22.0 Å². The summed E-state index contributed by atoms with van der Waals surface area (Å²) in [5.74, 6) is -0.424. The first-order chi connectivity index (χ1) is 13.8. The van der Waals surface area contributed by atoms with Gasteiger partial charge < -0.3 is 10.4 Å². The molecule has 0 bridgehead atoms. The van der Waals surface area contributed by atoms with Crippen LogP contribution in [0.15, 0.2) is 53.4 Å². The summed E-state index contributed by atoms with van der Waals surface area (Å²) in [5.41, 5.74) is 2.38. The lowest BCUT2D eigenvalue weighted by molar-refractivity contribution is -0.121. The second-order valence-corrected chi connectivity index (χ2v) is 9.55. The number of carbonyl (C=O) groups is 1. The van der Waals surface area contributed by atoms with Crippen molar-refractivity contribution in [1.82, 2.24) is 5.32 Å². The minimum absolute atomic E-state index is 0.133. The van der Waals surface area contributed by atoms with E-state index in [1.54, 1.807) is 36.4 Å². The van der Waals surface area contributed by atoms with Gasteiger partial charge in [0.05, 0.1) is 22.7 Å². The van der Waals surface area contributed by atoms with E-state index in [1.165, 1.54) is 0 Å². The zero-order valence-electron chi connectivity index (χ0n) is 16.8. The number of hydrogen-bond donors (Lipinski definition) is 2. The van der Waals surface area contributed by atoms with Gasteiger partial charge >= 0.3 is 0 Å². The van der Waals surface area contributed by atoms with Crippen molar-refractivity contribution in [3.8, 4) is 0 Å². The quantitative estimate of drug-likeness (QED) is 0.758. The molecule has 1 aliphatic carbocycles. The van der Waals surface area contributed by atoms with Crippen molar-refractivity contribution in [2.24, 2.45) is 0 Å². The van der Waals surface area contributed by atoms with E-state index in [2.05, 4.69) is 5.32 Å². The zero-order chi connectivity index (χ0) is 21.0. The first kappa shape index (κ1) is 21.3. The van der Waals surface area contributed by atoms with Gasteiger partial charge in [-0.2, -0.15) is 0 Å². The number of rotatable bonds is 6. The highest BCUT2D eigenvalue weighted by Gasteiger charge is 2.30. The van der Waals surface area contributed by atoms with Crippen LogP contribution in [0.1, 0.15) is 36.8 Å². The highest BCUT2D eigenvalue weighted by Crippen LogP contribution is 2.25. The Labute approximate surface area is 172 Å². The van der Waals surface area contributed by atoms with Crippen molar-refractivity contribution in [1.29, 1.82) is 0 Å². The van der Waals surface area contributed by atoms with Gasteiger partial charge in [0.15, 0.2) is 0 Å². The molecular weight excluding hydrogens is 388 g/mol. The number of nitrogens with zero attached hydrogens (tertiary/aromatic N) is 1. The predicted octanol–water partition coefficient (Wildman–Crippen LogP) is 2.92. The number of carbonyl (C=O) groups excluding carboxylic acids is 1. The number of anilines is 1. The van der Waals surface area contributed by atoms with Crippen LogP contribution < -0.4 is 9.62 Å². The summed E-state index contributed by atoms with van der Waals surface area (Å²) in [6.07, 6.45) is 2.63. The Morgan fingerprint density at radius 3 is 2.14 bits per heavy atom. The maximum absolute atomic E-state index is 13.3. The number of benzene rings is 2. The lowest BCUT2D eigenvalue weighted by Gasteiger charge is -2.30. The molecule has 1 unspecified atom stereocenters. The maximum Gasteiger partial charge on any atom is 0.264 e. The van der Waals surface area contributed by atoms with Crippen LogP contribution in [0, 0.1) is 13.8 Å². The zero-order valence-corrected chi connectivity index (χ0v) is 17.7. The van der Waals surface area contributed by atoms with Gasteiger partial charge in [0.2, 0.25) is 5.91 Å². The Hall–Kier alpha value is -2.38. The molecule has 2 N–H and O–H groups in total. The average Bonchev–Trinajstić information content (AvgIpc) is 2.69. The fraction of sp³-hybridized carbons (Fsp3) is 0.409. The van der Waals surface area contributed by atoms with Crippen molar-refractivity contribution < 1.29 is 18.3 Å². The second kappa shape index (κ2) is 8.97. The van der Waals surface area contributed by atoms with Gasteiger partial charge in [0.1, 0.15) is 6.54 Å². The van der Waals surface area contributed by atoms with E-state index in [9.17, 15) is 18.3 Å². The summed E-state index contributed by atoms with van der Waals surface area (Å²) in [6.45, 7) is 3.46. The average molecular weight is 417 g/mol. The van der Waals surface area contributed by atoms with E-state index in [0.29, 0.717) is 18.5 Å². The summed E-state index contributed by atoms with van der Waals surface area (Å²) in [6, 6.07) is 13.3. The minimum Gasteiger partial charge on any atom is -0.391 e. The highest BCUT2D eigenvalue weighted by atomic mass is 32.2. The Morgan fingerprint density at radius 2 is 1.55 bits per heavy atom. The predicted molar refractivity (Wildman–Crippen MR) is 113 cm³/mol. The molecule has 1 saturated carbocycles. The molecule has 6 nitrogen and oxygen atoms in total. The van der Waals surface area contributed by atoms with E-state index in [0.717, 1.165) is 28.3 Å². The Balaban J connectivity index is 1.87. The number of aliphatic hydroxyl groups excluding tert-OH is 1. The minimum atomic E-state index is -3.92. The van der Waals surface area contributed by atoms with Crippen LogP contribution in [-0.4, -0.2) is 38.1 Å². The molecule has 7 heteroatoms. The van der Waals surface area contributed by atoms with E-state index in [1.807, 2.05) is 26.0 Å². The van der Waals surface area contributed by atoms with Gasteiger partial charge in [0, 0.05) is 0 Å². The monoisotopic (exact) mass is 416 g/mol. The molecular formula is C22H28N2O4S. The molecule has 1 aliphatic rings.